The Balaban J connectivity index is 2.20. The summed E-state index contributed by atoms with van der Waals surface area (Å²) >= 11 is 0. The Kier molecular flexibility index (Phi) is 3.53. The average Bonchev–Trinajstić information content (AvgIpc) is 2.59. The largest absolute Gasteiger partial charge is 0.489 e. The summed E-state index contributed by atoms with van der Waals surface area (Å²) < 4.78 is 37.2. The van der Waals surface area contributed by atoms with Gasteiger partial charge in [0.25, 0.3) is 0 Å². The van der Waals surface area contributed by atoms with E-state index in [0.29, 0.717) is 5.75 Å². The van der Waals surface area contributed by atoms with E-state index in [1.807, 2.05) is 12.1 Å². The maximum atomic E-state index is 7.96. The van der Waals surface area contributed by atoms with Crippen LogP contribution < -0.4 is 4.74 Å². The van der Waals surface area contributed by atoms with E-state index in [1.165, 1.54) is 0 Å². The van der Waals surface area contributed by atoms with E-state index >= 15 is 0 Å². The highest BCUT2D eigenvalue weighted by atomic mass is 28.3. The molecule has 2 aromatic carbocycles. The zero-order chi connectivity index (χ0) is 19.5. The van der Waals surface area contributed by atoms with Crippen LogP contribution in [0.3, 0.4) is 0 Å². The second-order valence-electron chi connectivity index (χ2n) is 5.75. The van der Waals surface area contributed by atoms with Crippen LogP contribution in [0, 0.1) is 18.0 Å². The van der Waals surface area contributed by atoms with Gasteiger partial charge in [-0.1, -0.05) is 49.7 Å². The molecule has 2 rings (SSSR count). The summed E-state index contributed by atoms with van der Waals surface area (Å²) in [5.41, 5.74) is 4.05. The SMILES string of the molecule is [2H]c1c([2H])c([N+]#[C-])c([2H])c([2H])c1COc1ccc(C#C[Si](C)(C)C)cc1. The minimum absolute atomic E-state index is 0.104. The minimum atomic E-state index is -1.43. The molecule has 0 aliphatic carbocycles. The maximum Gasteiger partial charge on any atom is 0.187 e. The van der Waals surface area contributed by atoms with E-state index in [9.17, 15) is 0 Å². The van der Waals surface area contributed by atoms with Crippen LogP contribution in [0.25, 0.3) is 4.85 Å². The smallest absolute Gasteiger partial charge is 0.187 e. The molecule has 0 N–H and O–H groups in total. The number of hydrogen-bond donors (Lipinski definition) is 0. The summed E-state index contributed by atoms with van der Waals surface area (Å²) in [5.74, 6) is 3.70. The summed E-state index contributed by atoms with van der Waals surface area (Å²) in [7, 11) is -1.43. The van der Waals surface area contributed by atoms with Crippen molar-refractivity contribution >= 4 is 13.8 Å². The Morgan fingerprint density at radius 1 is 1.14 bits per heavy atom. The third kappa shape index (κ3) is 5.13. The lowest BCUT2D eigenvalue weighted by Gasteiger charge is -2.07. The molecular formula is C19H19NOSi. The summed E-state index contributed by atoms with van der Waals surface area (Å²) in [6.07, 6.45) is 0. The molecule has 2 nitrogen and oxygen atoms in total. The van der Waals surface area contributed by atoms with Gasteiger partial charge < -0.3 is 4.74 Å². The van der Waals surface area contributed by atoms with Crippen LogP contribution in [0.5, 0.6) is 5.75 Å². The van der Waals surface area contributed by atoms with Gasteiger partial charge in [-0.15, -0.1) is 5.54 Å². The molecule has 2 aromatic rings. The van der Waals surface area contributed by atoms with Gasteiger partial charge in [-0.2, -0.15) is 0 Å². The number of hydrogen-bond acceptors (Lipinski definition) is 1. The molecule has 22 heavy (non-hydrogen) atoms. The molecule has 0 unspecified atom stereocenters. The van der Waals surface area contributed by atoms with Gasteiger partial charge in [0.15, 0.2) is 5.69 Å². The Bertz CT molecular complexity index is 903. The van der Waals surface area contributed by atoms with Gasteiger partial charge in [0.2, 0.25) is 0 Å². The van der Waals surface area contributed by atoms with Crippen LogP contribution in [0.4, 0.5) is 5.69 Å². The molecular weight excluding hydrogens is 286 g/mol. The molecule has 110 valence electrons. The van der Waals surface area contributed by atoms with Crippen LogP contribution in [0.2, 0.25) is 19.6 Å². The van der Waals surface area contributed by atoms with Gasteiger partial charge in [0, 0.05) is 8.30 Å². The highest BCUT2D eigenvalue weighted by molar-refractivity contribution is 6.83. The monoisotopic (exact) mass is 309 g/mol. The van der Waals surface area contributed by atoms with Crippen molar-refractivity contribution in [1.82, 2.24) is 0 Å². The predicted octanol–water partition coefficient (Wildman–Crippen LogP) is 5.05. The molecule has 0 saturated carbocycles. The Hall–Kier alpha value is -2.49. The molecule has 0 radical (unpaired) electrons. The Morgan fingerprint density at radius 3 is 2.32 bits per heavy atom. The van der Waals surface area contributed by atoms with Gasteiger partial charge in [0.05, 0.1) is 9.31 Å². The van der Waals surface area contributed by atoms with Gasteiger partial charge in [0.1, 0.15) is 20.4 Å². The van der Waals surface area contributed by atoms with Crippen LogP contribution in [0.15, 0.2) is 48.4 Å². The summed E-state index contributed by atoms with van der Waals surface area (Å²) in [6.45, 7) is 13.4. The van der Waals surface area contributed by atoms with Crippen molar-refractivity contribution in [1.29, 1.82) is 0 Å². The lowest BCUT2D eigenvalue weighted by atomic mass is 10.2. The van der Waals surface area contributed by atoms with Crippen LogP contribution in [0.1, 0.15) is 16.6 Å². The van der Waals surface area contributed by atoms with E-state index in [1.54, 1.807) is 12.1 Å². The number of rotatable bonds is 3. The summed E-state index contributed by atoms with van der Waals surface area (Å²) in [4.78, 5) is 3.08. The lowest BCUT2D eigenvalue weighted by molar-refractivity contribution is 0.306. The molecule has 0 spiro atoms. The Morgan fingerprint density at radius 2 is 1.77 bits per heavy atom. The summed E-state index contributed by atoms with van der Waals surface area (Å²) in [5, 5.41) is 0. The fourth-order valence-corrected chi connectivity index (χ4v) is 2.03. The third-order valence-corrected chi connectivity index (χ3v) is 3.47. The molecule has 0 heterocycles. The average molecular weight is 309 g/mol. The van der Waals surface area contributed by atoms with Crippen LogP contribution >= 0.6 is 0 Å². The molecule has 0 aliphatic heterocycles. The van der Waals surface area contributed by atoms with Gasteiger partial charge in [-0.3, -0.25) is 0 Å². The third-order valence-electron chi connectivity index (χ3n) is 2.59. The predicted molar refractivity (Wildman–Crippen MR) is 93.7 cm³/mol. The zero-order valence-corrected chi connectivity index (χ0v) is 13.9. The first-order chi connectivity index (χ1) is 12.1. The summed E-state index contributed by atoms with van der Waals surface area (Å²) in [6, 6.07) is 6.06. The van der Waals surface area contributed by atoms with Gasteiger partial charge in [-0.05, 0) is 29.8 Å². The van der Waals surface area contributed by atoms with Crippen molar-refractivity contribution in [3.05, 3.63) is 71.0 Å². The first-order valence-electron chi connectivity index (χ1n) is 8.86. The number of nitrogens with zero attached hydrogens (tertiary/aromatic N) is 1. The minimum Gasteiger partial charge on any atom is -0.489 e. The van der Waals surface area contributed by atoms with E-state index in [-0.39, 0.29) is 42.0 Å². The molecule has 0 amide bonds. The molecule has 0 fully saturated rings. The fourth-order valence-electron chi connectivity index (χ4n) is 1.51. The fraction of sp³-hybridized carbons (Fsp3) is 0.211. The lowest BCUT2D eigenvalue weighted by Crippen LogP contribution is -2.16. The number of ether oxygens (including phenoxy) is 1. The molecule has 0 atom stereocenters. The molecule has 0 bridgehead atoms. The van der Waals surface area contributed by atoms with Crippen molar-refractivity contribution in [3.63, 3.8) is 0 Å². The Labute approximate surface area is 139 Å². The maximum absolute atomic E-state index is 7.96. The van der Waals surface area contributed by atoms with E-state index in [2.05, 4.69) is 36.0 Å². The van der Waals surface area contributed by atoms with E-state index in [4.69, 9.17) is 16.8 Å². The van der Waals surface area contributed by atoms with Crippen LogP contribution in [-0.2, 0) is 6.61 Å². The van der Waals surface area contributed by atoms with E-state index < -0.39 is 8.07 Å². The van der Waals surface area contributed by atoms with Gasteiger partial charge >= 0.3 is 0 Å². The van der Waals surface area contributed by atoms with E-state index in [0.717, 1.165) is 5.56 Å². The standard InChI is InChI=1S/C19H19NOSi/c1-20-18-9-5-17(6-10-18)15-21-19-11-7-16(8-12-19)13-14-22(2,3)4/h5-12H,15H2,2-4H3/i5D,6D,9D,10D. The van der Waals surface area contributed by atoms with Crippen molar-refractivity contribution < 1.29 is 10.2 Å². The quantitative estimate of drug-likeness (QED) is 0.440. The highest BCUT2D eigenvalue weighted by Gasteiger charge is 2.07. The van der Waals surface area contributed by atoms with Crippen molar-refractivity contribution in [2.24, 2.45) is 0 Å². The van der Waals surface area contributed by atoms with Gasteiger partial charge in [-0.25, -0.2) is 4.85 Å². The first kappa shape index (κ1) is 11.1. The molecule has 0 saturated heterocycles. The van der Waals surface area contributed by atoms with Crippen LogP contribution in [-0.4, -0.2) is 8.07 Å². The normalized spacial score (nSPS) is 12.8. The highest BCUT2D eigenvalue weighted by Crippen LogP contribution is 2.16. The first-order valence-corrected chi connectivity index (χ1v) is 10.4. The van der Waals surface area contributed by atoms with Crippen molar-refractivity contribution in [2.75, 3.05) is 0 Å². The van der Waals surface area contributed by atoms with Crippen molar-refractivity contribution in [2.45, 2.75) is 26.2 Å². The zero-order valence-electron chi connectivity index (χ0n) is 16.9. The molecule has 3 heteroatoms. The molecule has 0 aromatic heterocycles. The topological polar surface area (TPSA) is 13.6 Å². The molecule has 0 aliphatic rings. The second-order valence-corrected chi connectivity index (χ2v) is 10.5. The van der Waals surface area contributed by atoms with Crippen molar-refractivity contribution in [3.8, 4) is 17.2 Å². The second kappa shape index (κ2) is 6.98. The number of benzene rings is 2.